The second-order valence-electron chi connectivity index (χ2n) is 6.25. The van der Waals surface area contributed by atoms with E-state index in [1.54, 1.807) is 0 Å². The van der Waals surface area contributed by atoms with Crippen LogP contribution in [0.15, 0.2) is 12.7 Å². The van der Waals surface area contributed by atoms with E-state index in [9.17, 15) is 0 Å². The van der Waals surface area contributed by atoms with Crippen LogP contribution in [0.25, 0.3) is 0 Å². The third-order valence-electron chi connectivity index (χ3n) is 3.20. The van der Waals surface area contributed by atoms with Crippen LogP contribution in [0.4, 0.5) is 0 Å². The van der Waals surface area contributed by atoms with E-state index in [-0.39, 0.29) is 5.54 Å². The van der Waals surface area contributed by atoms with Gasteiger partial charge in [-0.25, -0.2) is 0 Å². The normalized spacial score (nSPS) is 16.5. The highest BCUT2D eigenvalue weighted by Gasteiger charge is 2.27. The van der Waals surface area contributed by atoms with E-state index in [2.05, 4.69) is 37.6 Å². The minimum Gasteiger partial charge on any atom is -0.312 e. The van der Waals surface area contributed by atoms with Crippen molar-refractivity contribution in [1.82, 2.24) is 10.2 Å². The molecule has 1 N–H and O–H groups in total. The molecule has 0 heterocycles. The van der Waals surface area contributed by atoms with E-state index in [0.717, 1.165) is 19.1 Å². The predicted molar refractivity (Wildman–Crippen MR) is 76.4 cm³/mol. The van der Waals surface area contributed by atoms with E-state index < -0.39 is 0 Å². The molecular formula is C15H30N2. The van der Waals surface area contributed by atoms with E-state index in [1.165, 1.54) is 38.6 Å². The molecule has 0 aliphatic heterocycles. The zero-order chi connectivity index (χ0) is 12.7. The Labute approximate surface area is 107 Å². The fraction of sp³-hybridized carbons (Fsp3) is 0.867. The van der Waals surface area contributed by atoms with Gasteiger partial charge in [-0.3, -0.25) is 4.90 Å². The van der Waals surface area contributed by atoms with Crippen LogP contribution in [0.3, 0.4) is 0 Å². The molecule has 1 aliphatic carbocycles. The topological polar surface area (TPSA) is 15.3 Å². The molecule has 0 aromatic rings. The van der Waals surface area contributed by atoms with Gasteiger partial charge in [0.25, 0.3) is 0 Å². The molecule has 100 valence electrons. The van der Waals surface area contributed by atoms with E-state index in [0.29, 0.717) is 0 Å². The molecule has 1 fully saturated rings. The van der Waals surface area contributed by atoms with Gasteiger partial charge in [0.15, 0.2) is 0 Å². The Kier molecular flexibility index (Phi) is 6.21. The summed E-state index contributed by atoms with van der Waals surface area (Å²) in [6.07, 6.45) is 8.81. The van der Waals surface area contributed by atoms with Crippen molar-refractivity contribution in [1.29, 1.82) is 0 Å². The minimum atomic E-state index is 0.267. The summed E-state index contributed by atoms with van der Waals surface area (Å²) in [6.45, 7) is 14.0. The molecule has 0 atom stereocenters. The maximum absolute atomic E-state index is 3.84. The highest BCUT2D eigenvalue weighted by atomic mass is 15.2. The van der Waals surface area contributed by atoms with Gasteiger partial charge in [-0.1, -0.05) is 12.5 Å². The Morgan fingerprint density at radius 3 is 2.47 bits per heavy atom. The highest BCUT2D eigenvalue weighted by Crippen LogP contribution is 2.26. The van der Waals surface area contributed by atoms with Crippen LogP contribution in [0, 0.1) is 0 Å². The van der Waals surface area contributed by atoms with Gasteiger partial charge in [-0.15, -0.1) is 6.58 Å². The molecule has 0 saturated heterocycles. The molecule has 0 aromatic carbocycles. The standard InChI is InChI=1S/C15H30N2/c1-5-12-17(14-9-10-14)13-8-6-7-11-16-15(2,3)4/h5,14,16H,1,6-13H2,2-4H3. The van der Waals surface area contributed by atoms with Gasteiger partial charge in [0.05, 0.1) is 0 Å². The third kappa shape index (κ3) is 7.56. The van der Waals surface area contributed by atoms with Crippen LogP contribution in [0.2, 0.25) is 0 Å². The van der Waals surface area contributed by atoms with Crippen molar-refractivity contribution in [2.75, 3.05) is 19.6 Å². The van der Waals surface area contributed by atoms with Crippen molar-refractivity contribution in [2.45, 2.75) is 64.5 Å². The quantitative estimate of drug-likeness (QED) is 0.490. The number of rotatable bonds is 9. The summed E-state index contributed by atoms with van der Waals surface area (Å²) < 4.78 is 0. The fourth-order valence-corrected chi connectivity index (χ4v) is 2.11. The van der Waals surface area contributed by atoms with Gasteiger partial charge in [0, 0.05) is 18.1 Å². The van der Waals surface area contributed by atoms with Crippen LogP contribution in [-0.2, 0) is 0 Å². The molecule has 0 radical (unpaired) electrons. The molecule has 0 unspecified atom stereocenters. The molecule has 2 nitrogen and oxygen atoms in total. The maximum Gasteiger partial charge on any atom is 0.0163 e. The van der Waals surface area contributed by atoms with Crippen molar-refractivity contribution in [3.05, 3.63) is 12.7 Å². The van der Waals surface area contributed by atoms with E-state index in [1.807, 2.05) is 6.08 Å². The molecule has 2 heteroatoms. The minimum absolute atomic E-state index is 0.267. The average Bonchev–Trinajstić information content (AvgIpc) is 3.03. The summed E-state index contributed by atoms with van der Waals surface area (Å²) in [4.78, 5) is 2.59. The molecule has 1 rings (SSSR count). The lowest BCUT2D eigenvalue weighted by Crippen LogP contribution is -2.36. The second-order valence-corrected chi connectivity index (χ2v) is 6.25. The number of nitrogens with one attached hydrogen (secondary N) is 1. The summed E-state index contributed by atoms with van der Waals surface area (Å²) in [5.74, 6) is 0. The average molecular weight is 238 g/mol. The Morgan fingerprint density at radius 1 is 1.24 bits per heavy atom. The zero-order valence-electron chi connectivity index (χ0n) is 12.0. The number of hydrogen-bond donors (Lipinski definition) is 1. The van der Waals surface area contributed by atoms with E-state index >= 15 is 0 Å². The van der Waals surface area contributed by atoms with Gasteiger partial charge in [0.2, 0.25) is 0 Å². The molecule has 0 bridgehead atoms. The first-order chi connectivity index (χ1) is 8.03. The first-order valence-corrected chi connectivity index (χ1v) is 7.13. The van der Waals surface area contributed by atoms with Gasteiger partial charge in [-0.2, -0.15) is 0 Å². The van der Waals surface area contributed by atoms with Crippen LogP contribution in [-0.4, -0.2) is 36.1 Å². The van der Waals surface area contributed by atoms with Crippen LogP contribution < -0.4 is 5.32 Å². The summed E-state index contributed by atoms with van der Waals surface area (Å²) >= 11 is 0. The number of unbranched alkanes of at least 4 members (excludes halogenated alkanes) is 2. The van der Waals surface area contributed by atoms with Gasteiger partial charge >= 0.3 is 0 Å². The Morgan fingerprint density at radius 2 is 1.94 bits per heavy atom. The van der Waals surface area contributed by atoms with E-state index in [4.69, 9.17) is 0 Å². The molecule has 0 amide bonds. The molecular weight excluding hydrogens is 208 g/mol. The zero-order valence-corrected chi connectivity index (χ0v) is 12.0. The van der Waals surface area contributed by atoms with Gasteiger partial charge in [-0.05, 0) is 59.5 Å². The lowest BCUT2D eigenvalue weighted by molar-refractivity contribution is 0.283. The van der Waals surface area contributed by atoms with Gasteiger partial charge < -0.3 is 5.32 Å². The van der Waals surface area contributed by atoms with Gasteiger partial charge in [0.1, 0.15) is 0 Å². The molecule has 1 aliphatic rings. The Balaban J connectivity index is 1.97. The largest absolute Gasteiger partial charge is 0.312 e. The third-order valence-corrected chi connectivity index (χ3v) is 3.20. The van der Waals surface area contributed by atoms with Crippen LogP contribution in [0.5, 0.6) is 0 Å². The second kappa shape index (κ2) is 7.17. The first kappa shape index (κ1) is 14.7. The van der Waals surface area contributed by atoms with Crippen molar-refractivity contribution in [3.63, 3.8) is 0 Å². The smallest absolute Gasteiger partial charge is 0.0163 e. The molecule has 17 heavy (non-hydrogen) atoms. The lowest BCUT2D eigenvalue weighted by atomic mass is 10.1. The monoisotopic (exact) mass is 238 g/mol. The maximum atomic E-state index is 3.84. The fourth-order valence-electron chi connectivity index (χ4n) is 2.11. The molecule has 0 aromatic heterocycles. The summed E-state index contributed by atoms with van der Waals surface area (Å²) in [7, 11) is 0. The molecule has 1 saturated carbocycles. The lowest BCUT2D eigenvalue weighted by Gasteiger charge is -2.21. The summed E-state index contributed by atoms with van der Waals surface area (Å²) in [6, 6.07) is 0.876. The van der Waals surface area contributed by atoms with Crippen LogP contribution in [0.1, 0.15) is 52.9 Å². The first-order valence-electron chi connectivity index (χ1n) is 7.13. The molecule has 0 spiro atoms. The van der Waals surface area contributed by atoms with Crippen molar-refractivity contribution < 1.29 is 0 Å². The summed E-state index contributed by atoms with van der Waals surface area (Å²) in [5, 5.41) is 3.54. The highest BCUT2D eigenvalue weighted by molar-refractivity contribution is 4.88. The SMILES string of the molecule is C=CCN(CCCCCNC(C)(C)C)C1CC1. The predicted octanol–water partition coefficient (Wildman–Crippen LogP) is 3.20. The number of nitrogens with zero attached hydrogens (tertiary/aromatic N) is 1. The Bertz CT molecular complexity index is 213. The number of hydrogen-bond acceptors (Lipinski definition) is 2. The van der Waals surface area contributed by atoms with Crippen molar-refractivity contribution in [2.24, 2.45) is 0 Å². The van der Waals surface area contributed by atoms with Crippen molar-refractivity contribution >= 4 is 0 Å². The Hall–Kier alpha value is -0.340. The summed E-state index contributed by atoms with van der Waals surface area (Å²) in [5.41, 5.74) is 0.267. The van der Waals surface area contributed by atoms with Crippen molar-refractivity contribution in [3.8, 4) is 0 Å². The van der Waals surface area contributed by atoms with Crippen LogP contribution >= 0.6 is 0 Å².